The molecular formula is C7H11ClOS. The molecule has 0 radical (unpaired) electrons. The Morgan fingerprint density at radius 1 is 1.10 bits per heavy atom. The van der Waals surface area contributed by atoms with Crippen LogP contribution in [0.25, 0.3) is 0 Å². The first-order valence-electron chi connectivity index (χ1n) is 2.58. The second-order valence-corrected chi connectivity index (χ2v) is 1.96. The van der Waals surface area contributed by atoms with Crippen LogP contribution >= 0.6 is 25.0 Å². The maximum Gasteiger partial charge on any atom is 0.0154 e. The van der Waals surface area contributed by atoms with Crippen LogP contribution in [0, 0.1) is 0 Å². The molecule has 1 aromatic rings. The summed E-state index contributed by atoms with van der Waals surface area (Å²) in [6.07, 6.45) is 0. The fourth-order valence-electron chi connectivity index (χ4n) is 0.583. The van der Waals surface area contributed by atoms with Crippen LogP contribution in [0.3, 0.4) is 0 Å². The van der Waals surface area contributed by atoms with Gasteiger partial charge in [-0.15, -0.1) is 12.4 Å². The molecule has 10 heavy (non-hydrogen) atoms. The van der Waals surface area contributed by atoms with Gasteiger partial charge < -0.3 is 5.48 Å². The van der Waals surface area contributed by atoms with Gasteiger partial charge in [-0.1, -0.05) is 30.3 Å². The zero-order valence-electron chi connectivity index (χ0n) is 5.45. The number of halogens is 1. The van der Waals surface area contributed by atoms with Gasteiger partial charge in [0, 0.05) is 5.75 Å². The molecule has 0 aliphatic heterocycles. The molecular weight excluding hydrogens is 168 g/mol. The second kappa shape index (κ2) is 6.93. The Bertz CT molecular complexity index is 155. The normalized spacial score (nSPS) is 7.30. The zero-order chi connectivity index (χ0) is 5.82. The lowest BCUT2D eigenvalue weighted by Gasteiger charge is -1.89. The van der Waals surface area contributed by atoms with Gasteiger partial charge >= 0.3 is 0 Å². The molecule has 0 atom stereocenters. The van der Waals surface area contributed by atoms with Crippen molar-refractivity contribution in [2.24, 2.45) is 0 Å². The Morgan fingerprint density at radius 2 is 1.60 bits per heavy atom. The van der Waals surface area contributed by atoms with Crippen LogP contribution in [0.2, 0.25) is 0 Å². The molecule has 1 nitrogen and oxygen atoms in total. The summed E-state index contributed by atoms with van der Waals surface area (Å²) in [5.74, 6) is 0.834. The summed E-state index contributed by atoms with van der Waals surface area (Å²) in [5.41, 5.74) is 1.27. The molecule has 0 bridgehead atoms. The van der Waals surface area contributed by atoms with Crippen molar-refractivity contribution >= 4 is 25.0 Å². The van der Waals surface area contributed by atoms with E-state index < -0.39 is 0 Å². The maximum absolute atomic E-state index is 4.11. The maximum atomic E-state index is 4.11. The van der Waals surface area contributed by atoms with Gasteiger partial charge in [0.05, 0.1) is 0 Å². The molecule has 0 aliphatic rings. The highest BCUT2D eigenvalue weighted by atomic mass is 35.5. The number of hydrogen-bond donors (Lipinski definition) is 1. The lowest BCUT2D eigenvalue weighted by molar-refractivity contribution is 0.824. The third-order valence-electron chi connectivity index (χ3n) is 1.03. The molecule has 0 saturated carbocycles. The first-order valence-corrected chi connectivity index (χ1v) is 3.21. The minimum absolute atomic E-state index is 0. The van der Waals surface area contributed by atoms with Gasteiger partial charge in [0.15, 0.2) is 0 Å². The highest BCUT2D eigenvalue weighted by Crippen LogP contribution is 2.00. The predicted octanol–water partition coefficient (Wildman–Crippen LogP) is 1.71. The fourth-order valence-corrected chi connectivity index (χ4v) is 0.794. The topological polar surface area (TPSA) is 31.5 Å². The van der Waals surface area contributed by atoms with Crippen molar-refractivity contribution in [3.8, 4) is 0 Å². The van der Waals surface area contributed by atoms with Crippen molar-refractivity contribution < 1.29 is 5.48 Å². The van der Waals surface area contributed by atoms with Crippen molar-refractivity contribution in [1.29, 1.82) is 0 Å². The van der Waals surface area contributed by atoms with Crippen molar-refractivity contribution in [2.75, 3.05) is 0 Å². The molecule has 0 fully saturated rings. The van der Waals surface area contributed by atoms with Gasteiger partial charge in [-0.25, -0.2) is 0 Å². The van der Waals surface area contributed by atoms with Gasteiger partial charge in [0.2, 0.25) is 0 Å². The lowest BCUT2D eigenvalue weighted by atomic mass is 10.2. The third kappa shape index (κ3) is 3.77. The highest BCUT2D eigenvalue weighted by molar-refractivity contribution is 7.79. The summed E-state index contributed by atoms with van der Waals surface area (Å²) < 4.78 is 0. The molecule has 2 N–H and O–H groups in total. The predicted molar refractivity (Wildman–Crippen MR) is 50.0 cm³/mol. The van der Waals surface area contributed by atoms with Crippen LogP contribution in [0.15, 0.2) is 30.3 Å². The van der Waals surface area contributed by atoms with E-state index in [-0.39, 0.29) is 17.9 Å². The molecule has 1 aromatic carbocycles. The minimum Gasteiger partial charge on any atom is -0.412 e. The molecule has 0 amide bonds. The Morgan fingerprint density at radius 3 is 1.90 bits per heavy atom. The Balaban J connectivity index is 0. The van der Waals surface area contributed by atoms with E-state index in [2.05, 4.69) is 24.8 Å². The van der Waals surface area contributed by atoms with Crippen LogP contribution in [0.5, 0.6) is 0 Å². The largest absolute Gasteiger partial charge is 0.412 e. The Kier molecular flexibility index (Phi) is 8.66. The van der Waals surface area contributed by atoms with E-state index in [0.717, 1.165) is 5.75 Å². The Labute approximate surface area is 72.6 Å². The monoisotopic (exact) mass is 178 g/mol. The number of rotatable bonds is 1. The van der Waals surface area contributed by atoms with E-state index in [1.54, 1.807) is 0 Å². The van der Waals surface area contributed by atoms with Crippen LogP contribution in [0.1, 0.15) is 5.56 Å². The van der Waals surface area contributed by atoms with Crippen LogP contribution in [0.4, 0.5) is 0 Å². The van der Waals surface area contributed by atoms with Gasteiger partial charge in [-0.2, -0.15) is 12.6 Å². The average Bonchev–Trinajstić information content (AvgIpc) is 1.90. The Hall–Kier alpha value is -0.180. The minimum atomic E-state index is 0. The van der Waals surface area contributed by atoms with E-state index >= 15 is 0 Å². The quantitative estimate of drug-likeness (QED) is 0.636. The van der Waals surface area contributed by atoms with Crippen molar-refractivity contribution in [3.63, 3.8) is 0 Å². The van der Waals surface area contributed by atoms with Crippen molar-refractivity contribution in [1.82, 2.24) is 0 Å². The molecule has 0 aliphatic carbocycles. The van der Waals surface area contributed by atoms with Gasteiger partial charge in [0.25, 0.3) is 0 Å². The second-order valence-electron chi connectivity index (χ2n) is 1.64. The lowest BCUT2D eigenvalue weighted by Crippen LogP contribution is -1.71. The molecule has 3 heteroatoms. The van der Waals surface area contributed by atoms with Gasteiger partial charge in [-0.3, -0.25) is 0 Å². The summed E-state index contributed by atoms with van der Waals surface area (Å²) in [4.78, 5) is 0. The SMILES string of the molecule is Cl.O.SCc1ccccc1. The van der Waals surface area contributed by atoms with Gasteiger partial charge in [-0.05, 0) is 5.56 Å². The molecule has 0 spiro atoms. The van der Waals surface area contributed by atoms with Crippen molar-refractivity contribution in [2.45, 2.75) is 5.75 Å². The summed E-state index contributed by atoms with van der Waals surface area (Å²) in [6, 6.07) is 10.2. The van der Waals surface area contributed by atoms with Gasteiger partial charge in [0.1, 0.15) is 0 Å². The highest BCUT2D eigenvalue weighted by Gasteiger charge is 1.80. The molecule has 0 unspecified atom stereocenters. The van der Waals surface area contributed by atoms with Crippen LogP contribution in [-0.4, -0.2) is 5.48 Å². The number of hydrogen-bond acceptors (Lipinski definition) is 1. The van der Waals surface area contributed by atoms with E-state index in [1.165, 1.54) is 5.56 Å². The summed E-state index contributed by atoms with van der Waals surface area (Å²) in [7, 11) is 0. The zero-order valence-corrected chi connectivity index (χ0v) is 7.16. The van der Waals surface area contributed by atoms with E-state index in [0.29, 0.717) is 0 Å². The molecule has 58 valence electrons. The smallest absolute Gasteiger partial charge is 0.0154 e. The molecule has 0 aromatic heterocycles. The molecule has 0 heterocycles. The summed E-state index contributed by atoms with van der Waals surface area (Å²) in [5, 5.41) is 0. The van der Waals surface area contributed by atoms with Crippen LogP contribution < -0.4 is 0 Å². The van der Waals surface area contributed by atoms with Crippen molar-refractivity contribution in [3.05, 3.63) is 35.9 Å². The first-order chi connectivity index (χ1) is 3.93. The first kappa shape index (κ1) is 12.5. The van der Waals surface area contributed by atoms with E-state index in [9.17, 15) is 0 Å². The molecule has 0 saturated heterocycles. The van der Waals surface area contributed by atoms with Crippen LogP contribution in [-0.2, 0) is 5.75 Å². The third-order valence-corrected chi connectivity index (χ3v) is 1.39. The average molecular weight is 179 g/mol. The van der Waals surface area contributed by atoms with E-state index in [4.69, 9.17) is 0 Å². The number of benzene rings is 1. The summed E-state index contributed by atoms with van der Waals surface area (Å²) in [6.45, 7) is 0. The summed E-state index contributed by atoms with van der Waals surface area (Å²) >= 11 is 4.11. The molecule has 1 rings (SSSR count). The van der Waals surface area contributed by atoms with E-state index in [1.807, 2.05) is 18.2 Å². The standard InChI is InChI=1S/C7H8S.ClH.H2O/c8-6-7-4-2-1-3-5-7;;/h1-5,8H,6H2;1H;1H2. The number of thiol groups is 1. The fraction of sp³-hybridized carbons (Fsp3) is 0.143.